The van der Waals surface area contributed by atoms with Crippen molar-refractivity contribution in [1.29, 1.82) is 0 Å². The minimum absolute atomic E-state index is 0.542. The van der Waals surface area contributed by atoms with Crippen LogP contribution < -0.4 is 15.5 Å². The van der Waals surface area contributed by atoms with Crippen molar-refractivity contribution in [3.05, 3.63) is 42.5 Å². The van der Waals surface area contributed by atoms with Crippen molar-refractivity contribution in [2.24, 2.45) is 5.73 Å². The quantitative estimate of drug-likeness (QED) is 0.883. The fraction of sp³-hybridized carbons (Fsp3) is 0.357. The first-order valence-electron chi connectivity index (χ1n) is 6.78. The third-order valence-corrected chi connectivity index (χ3v) is 3.56. The van der Waals surface area contributed by atoms with E-state index in [-0.39, 0.29) is 0 Å². The summed E-state index contributed by atoms with van der Waals surface area (Å²) in [7, 11) is 0. The van der Waals surface area contributed by atoms with E-state index in [9.17, 15) is 0 Å². The van der Waals surface area contributed by atoms with Crippen LogP contribution in [0.1, 0.15) is 5.56 Å². The molecule has 6 nitrogen and oxygen atoms in total. The number of rotatable bonds is 3. The molecule has 1 fully saturated rings. The van der Waals surface area contributed by atoms with Crippen LogP contribution in [0.4, 0.5) is 11.6 Å². The average Bonchev–Trinajstić information content (AvgIpc) is 2.56. The Morgan fingerprint density at radius 3 is 2.40 bits per heavy atom. The molecular weight excluding hydrogens is 252 g/mol. The molecule has 0 saturated carbocycles. The monoisotopic (exact) mass is 270 g/mol. The molecule has 0 radical (unpaired) electrons. The van der Waals surface area contributed by atoms with E-state index in [1.165, 1.54) is 0 Å². The maximum atomic E-state index is 5.79. The zero-order valence-electron chi connectivity index (χ0n) is 11.3. The van der Waals surface area contributed by atoms with E-state index in [1.807, 2.05) is 18.3 Å². The highest BCUT2D eigenvalue weighted by molar-refractivity contribution is 5.53. The van der Waals surface area contributed by atoms with Gasteiger partial charge in [0.2, 0.25) is 5.95 Å². The van der Waals surface area contributed by atoms with Crippen molar-refractivity contribution in [3.8, 4) is 0 Å². The molecular formula is C14H18N6. The first kappa shape index (κ1) is 12.8. The van der Waals surface area contributed by atoms with Gasteiger partial charge in [0.25, 0.3) is 0 Å². The molecule has 3 heterocycles. The Balaban J connectivity index is 1.70. The first-order chi connectivity index (χ1) is 9.88. The van der Waals surface area contributed by atoms with Crippen LogP contribution in [0, 0.1) is 0 Å². The normalized spacial score (nSPS) is 15.4. The predicted octanol–water partition coefficient (Wildman–Crippen LogP) is 0.657. The van der Waals surface area contributed by atoms with Crippen LogP contribution in [0.2, 0.25) is 0 Å². The Hall–Kier alpha value is -2.21. The number of anilines is 2. The zero-order valence-corrected chi connectivity index (χ0v) is 11.3. The molecule has 0 amide bonds. The van der Waals surface area contributed by atoms with E-state index in [0.717, 1.165) is 43.4 Å². The van der Waals surface area contributed by atoms with E-state index in [4.69, 9.17) is 5.73 Å². The minimum Gasteiger partial charge on any atom is -0.366 e. The molecule has 0 spiro atoms. The Kier molecular flexibility index (Phi) is 3.73. The van der Waals surface area contributed by atoms with Crippen LogP contribution in [0.25, 0.3) is 0 Å². The molecule has 2 aromatic rings. The molecule has 0 bridgehead atoms. The van der Waals surface area contributed by atoms with Crippen molar-refractivity contribution in [1.82, 2.24) is 15.0 Å². The number of hydrogen-bond acceptors (Lipinski definition) is 6. The van der Waals surface area contributed by atoms with Gasteiger partial charge in [0, 0.05) is 51.3 Å². The van der Waals surface area contributed by atoms with Crippen molar-refractivity contribution >= 4 is 11.6 Å². The number of nitrogens with zero attached hydrogens (tertiary/aromatic N) is 5. The van der Waals surface area contributed by atoms with Gasteiger partial charge in [0.05, 0.1) is 11.9 Å². The van der Waals surface area contributed by atoms with Gasteiger partial charge >= 0.3 is 0 Å². The Morgan fingerprint density at radius 2 is 1.70 bits per heavy atom. The summed E-state index contributed by atoms with van der Waals surface area (Å²) in [6.07, 6.45) is 7.25. The van der Waals surface area contributed by atoms with Gasteiger partial charge < -0.3 is 15.5 Å². The van der Waals surface area contributed by atoms with Crippen LogP contribution in [-0.4, -0.2) is 41.1 Å². The van der Waals surface area contributed by atoms with Gasteiger partial charge in [0.15, 0.2) is 0 Å². The maximum Gasteiger partial charge on any atom is 0.225 e. The van der Waals surface area contributed by atoms with Crippen LogP contribution >= 0.6 is 0 Å². The molecule has 1 aliphatic heterocycles. The van der Waals surface area contributed by atoms with Crippen LogP contribution in [0.5, 0.6) is 0 Å². The molecule has 1 aliphatic rings. The Bertz CT molecular complexity index is 551. The molecule has 20 heavy (non-hydrogen) atoms. The summed E-state index contributed by atoms with van der Waals surface area (Å²) in [5, 5.41) is 0. The van der Waals surface area contributed by atoms with E-state index < -0.39 is 0 Å². The largest absolute Gasteiger partial charge is 0.366 e. The second-order valence-electron chi connectivity index (χ2n) is 4.73. The number of piperazine rings is 1. The summed E-state index contributed by atoms with van der Waals surface area (Å²) in [6.45, 7) is 4.21. The molecule has 0 aliphatic carbocycles. The van der Waals surface area contributed by atoms with Crippen LogP contribution in [0.3, 0.4) is 0 Å². The van der Waals surface area contributed by atoms with Gasteiger partial charge in [-0.1, -0.05) is 0 Å². The van der Waals surface area contributed by atoms with Crippen molar-refractivity contribution in [2.45, 2.75) is 6.54 Å². The summed E-state index contributed by atoms with van der Waals surface area (Å²) in [5.74, 6) is 0.803. The third kappa shape index (κ3) is 2.55. The van der Waals surface area contributed by atoms with Gasteiger partial charge in [-0.3, -0.25) is 4.98 Å². The third-order valence-electron chi connectivity index (χ3n) is 3.56. The number of aromatic nitrogens is 3. The molecule has 0 unspecified atom stereocenters. The highest BCUT2D eigenvalue weighted by Gasteiger charge is 2.20. The zero-order chi connectivity index (χ0) is 13.8. The van der Waals surface area contributed by atoms with Gasteiger partial charge in [-0.05, 0) is 17.7 Å². The number of pyridine rings is 1. The minimum atomic E-state index is 0.542. The van der Waals surface area contributed by atoms with E-state index >= 15 is 0 Å². The van der Waals surface area contributed by atoms with Crippen molar-refractivity contribution < 1.29 is 0 Å². The molecule has 104 valence electrons. The van der Waals surface area contributed by atoms with E-state index in [0.29, 0.717) is 6.54 Å². The van der Waals surface area contributed by atoms with Crippen LogP contribution in [0.15, 0.2) is 36.9 Å². The summed E-state index contributed by atoms with van der Waals surface area (Å²) in [5.41, 5.74) is 8.08. The average molecular weight is 270 g/mol. The van der Waals surface area contributed by atoms with Crippen molar-refractivity contribution in [3.63, 3.8) is 0 Å². The topological polar surface area (TPSA) is 71.2 Å². The highest BCUT2D eigenvalue weighted by atomic mass is 15.3. The van der Waals surface area contributed by atoms with Crippen LogP contribution in [-0.2, 0) is 6.54 Å². The highest BCUT2D eigenvalue weighted by Crippen LogP contribution is 2.21. The molecule has 2 N–H and O–H groups in total. The molecule has 1 saturated heterocycles. The van der Waals surface area contributed by atoms with Gasteiger partial charge in [-0.2, -0.15) is 0 Å². The lowest BCUT2D eigenvalue weighted by molar-refractivity contribution is 0.637. The lowest BCUT2D eigenvalue weighted by Gasteiger charge is -2.36. The molecule has 0 aromatic carbocycles. The van der Waals surface area contributed by atoms with E-state index in [2.05, 4.69) is 24.8 Å². The number of nitrogens with two attached hydrogens (primary N) is 1. The van der Waals surface area contributed by atoms with Gasteiger partial charge in [-0.25, -0.2) is 9.97 Å². The number of hydrogen-bond donors (Lipinski definition) is 1. The predicted molar refractivity (Wildman–Crippen MR) is 78.6 cm³/mol. The summed E-state index contributed by atoms with van der Waals surface area (Å²) < 4.78 is 0. The standard InChI is InChI=1S/C14H18N6/c15-10-12-2-5-16-11-13(12)19-6-8-20(9-7-19)14-17-3-1-4-18-14/h1-5,11H,6-10,15H2. The molecule has 6 heteroatoms. The molecule has 0 atom stereocenters. The summed E-state index contributed by atoms with van der Waals surface area (Å²) in [4.78, 5) is 17.3. The summed E-state index contributed by atoms with van der Waals surface area (Å²) in [6, 6.07) is 3.82. The Morgan fingerprint density at radius 1 is 1.00 bits per heavy atom. The molecule has 3 rings (SSSR count). The van der Waals surface area contributed by atoms with E-state index in [1.54, 1.807) is 18.6 Å². The SMILES string of the molecule is NCc1ccncc1N1CCN(c2ncccn2)CC1. The second-order valence-corrected chi connectivity index (χ2v) is 4.73. The first-order valence-corrected chi connectivity index (χ1v) is 6.78. The lowest BCUT2D eigenvalue weighted by atomic mass is 10.2. The fourth-order valence-electron chi connectivity index (χ4n) is 2.47. The van der Waals surface area contributed by atoms with Gasteiger partial charge in [-0.15, -0.1) is 0 Å². The second kappa shape index (κ2) is 5.83. The summed E-state index contributed by atoms with van der Waals surface area (Å²) >= 11 is 0. The van der Waals surface area contributed by atoms with Crippen molar-refractivity contribution in [2.75, 3.05) is 36.0 Å². The molecule has 2 aromatic heterocycles. The maximum absolute atomic E-state index is 5.79. The smallest absolute Gasteiger partial charge is 0.225 e. The lowest BCUT2D eigenvalue weighted by Crippen LogP contribution is -2.47. The van der Waals surface area contributed by atoms with Gasteiger partial charge in [0.1, 0.15) is 0 Å². The Labute approximate surface area is 118 Å². The fourth-order valence-corrected chi connectivity index (χ4v) is 2.47.